The fraction of sp³-hybridized carbons (Fsp3) is 0.647. The van der Waals surface area contributed by atoms with Gasteiger partial charge < -0.3 is 5.11 Å². The second-order valence-corrected chi connectivity index (χ2v) is 6.14. The third-order valence-corrected chi connectivity index (χ3v) is 4.65. The lowest BCUT2D eigenvalue weighted by atomic mass is 9.73. The summed E-state index contributed by atoms with van der Waals surface area (Å²) < 4.78 is 0. The quantitative estimate of drug-likeness (QED) is 0.848. The molecule has 1 heteroatoms. The Morgan fingerprint density at radius 2 is 1.94 bits per heavy atom. The lowest BCUT2D eigenvalue weighted by Gasteiger charge is -2.37. The average molecular weight is 246 g/mol. The summed E-state index contributed by atoms with van der Waals surface area (Å²) in [5, 5.41) is 10.9. The lowest BCUT2D eigenvalue weighted by molar-refractivity contribution is -0.0164. The van der Waals surface area contributed by atoms with Gasteiger partial charge in [0.25, 0.3) is 0 Å². The van der Waals surface area contributed by atoms with E-state index in [4.69, 9.17) is 0 Å². The van der Waals surface area contributed by atoms with Gasteiger partial charge in [-0.25, -0.2) is 0 Å². The highest BCUT2D eigenvalue weighted by Crippen LogP contribution is 2.37. The summed E-state index contributed by atoms with van der Waals surface area (Å²) in [6, 6.07) is 6.42. The minimum absolute atomic E-state index is 0.463. The van der Waals surface area contributed by atoms with Gasteiger partial charge in [0.15, 0.2) is 0 Å². The molecule has 2 rings (SSSR count). The summed E-state index contributed by atoms with van der Waals surface area (Å²) in [5.74, 6) is 0.716. The molecule has 1 nitrogen and oxygen atoms in total. The third-order valence-electron chi connectivity index (χ3n) is 4.65. The predicted octanol–water partition coefficient (Wildman–Crippen LogP) is 4.18. The summed E-state index contributed by atoms with van der Waals surface area (Å²) in [6.45, 7) is 6.56. The van der Waals surface area contributed by atoms with Crippen molar-refractivity contribution in [2.24, 2.45) is 5.92 Å². The summed E-state index contributed by atoms with van der Waals surface area (Å²) in [7, 11) is 0. The largest absolute Gasteiger partial charge is 0.390 e. The van der Waals surface area contributed by atoms with E-state index >= 15 is 0 Å². The van der Waals surface area contributed by atoms with E-state index < -0.39 is 5.60 Å². The zero-order chi connectivity index (χ0) is 13.2. The molecular formula is C17H26O. The molecule has 0 radical (unpaired) electrons. The number of hydrogen-bond acceptors (Lipinski definition) is 1. The van der Waals surface area contributed by atoms with Crippen molar-refractivity contribution in [3.63, 3.8) is 0 Å². The first-order chi connectivity index (χ1) is 8.54. The molecule has 18 heavy (non-hydrogen) atoms. The molecule has 2 unspecified atom stereocenters. The van der Waals surface area contributed by atoms with Crippen molar-refractivity contribution in [3.05, 3.63) is 34.9 Å². The van der Waals surface area contributed by atoms with E-state index in [0.717, 1.165) is 19.3 Å². The highest BCUT2D eigenvalue weighted by atomic mass is 16.3. The van der Waals surface area contributed by atoms with E-state index in [1.807, 2.05) is 0 Å². The lowest BCUT2D eigenvalue weighted by Crippen LogP contribution is -2.37. The van der Waals surface area contributed by atoms with E-state index in [9.17, 15) is 5.11 Å². The van der Waals surface area contributed by atoms with Gasteiger partial charge in [-0.2, -0.15) is 0 Å². The average Bonchev–Trinajstić information content (AvgIpc) is 2.34. The molecule has 1 fully saturated rings. The van der Waals surface area contributed by atoms with Gasteiger partial charge in [0.1, 0.15) is 0 Å². The highest BCUT2D eigenvalue weighted by Gasteiger charge is 2.34. The molecule has 1 saturated carbocycles. The minimum atomic E-state index is -0.463. The van der Waals surface area contributed by atoms with Gasteiger partial charge in [-0.05, 0) is 49.3 Å². The first kappa shape index (κ1) is 13.6. The molecule has 0 amide bonds. The molecule has 2 atom stereocenters. The molecular weight excluding hydrogens is 220 g/mol. The van der Waals surface area contributed by atoms with Crippen LogP contribution in [-0.2, 0) is 6.42 Å². The van der Waals surface area contributed by atoms with Crippen LogP contribution in [0, 0.1) is 19.8 Å². The van der Waals surface area contributed by atoms with Crippen LogP contribution in [0.4, 0.5) is 0 Å². The van der Waals surface area contributed by atoms with E-state index in [1.165, 1.54) is 36.0 Å². The van der Waals surface area contributed by atoms with Crippen molar-refractivity contribution < 1.29 is 5.11 Å². The Bertz CT molecular complexity index is 390. The monoisotopic (exact) mass is 246 g/mol. The summed E-state index contributed by atoms with van der Waals surface area (Å²) in [6.07, 6.45) is 6.47. The number of rotatable bonds is 3. The van der Waals surface area contributed by atoms with E-state index in [2.05, 4.69) is 39.0 Å². The molecule has 0 bridgehead atoms. The summed E-state index contributed by atoms with van der Waals surface area (Å²) in [5.41, 5.74) is 3.54. The molecule has 1 aromatic carbocycles. The van der Waals surface area contributed by atoms with Crippen molar-refractivity contribution in [1.82, 2.24) is 0 Å². The van der Waals surface area contributed by atoms with Crippen LogP contribution >= 0.6 is 0 Å². The Morgan fingerprint density at radius 1 is 1.28 bits per heavy atom. The molecule has 1 aliphatic carbocycles. The molecule has 0 heterocycles. The molecule has 0 spiro atoms. The van der Waals surface area contributed by atoms with Crippen molar-refractivity contribution in [2.45, 2.75) is 64.9 Å². The topological polar surface area (TPSA) is 20.2 Å². The summed E-state index contributed by atoms with van der Waals surface area (Å²) >= 11 is 0. The Hall–Kier alpha value is -0.820. The first-order valence-electron chi connectivity index (χ1n) is 7.31. The number of benzene rings is 1. The molecule has 0 aliphatic heterocycles. The van der Waals surface area contributed by atoms with Gasteiger partial charge in [0, 0.05) is 6.42 Å². The second kappa shape index (κ2) is 5.44. The standard InChI is InChI=1S/C17H26O/c1-4-15-9-6-10-17(18,11-15)12-16-13(2)7-5-8-14(16)3/h5,7-8,15,18H,4,6,9-12H2,1-3H3. The van der Waals surface area contributed by atoms with Gasteiger partial charge in [-0.15, -0.1) is 0 Å². The van der Waals surface area contributed by atoms with Crippen LogP contribution in [0.5, 0.6) is 0 Å². The zero-order valence-corrected chi connectivity index (χ0v) is 12.0. The van der Waals surface area contributed by atoms with Gasteiger partial charge in [-0.3, -0.25) is 0 Å². The highest BCUT2D eigenvalue weighted by molar-refractivity contribution is 5.34. The molecule has 100 valence electrons. The third kappa shape index (κ3) is 2.95. The molecule has 1 aliphatic rings. The van der Waals surface area contributed by atoms with Crippen LogP contribution in [0.1, 0.15) is 55.7 Å². The Kier molecular flexibility index (Phi) is 4.11. The van der Waals surface area contributed by atoms with Crippen molar-refractivity contribution in [3.8, 4) is 0 Å². The zero-order valence-electron chi connectivity index (χ0n) is 12.0. The van der Waals surface area contributed by atoms with E-state index in [-0.39, 0.29) is 0 Å². The smallest absolute Gasteiger partial charge is 0.0690 e. The fourth-order valence-electron chi connectivity index (χ4n) is 3.43. The van der Waals surface area contributed by atoms with Gasteiger partial charge in [-0.1, -0.05) is 44.4 Å². The van der Waals surface area contributed by atoms with Gasteiger partial charge in [0.2, 0.25) is 0 Å². The minimum Gasteiger partial charge on any atom is -0.390 e. The van der Waals surface area contributed by atoms with E-state index in [0.29, 0.717) is 5.92 Å². The Balaban J connectivity index is 2.17. The fourth-order valence-corrected chi connectivity index (χ4v) is 3.43. The predicted molar refractivity (Wildman–Crippen MR) is 76.8 cm³/mol. The molecule has 0 saturated heterocycles. The molecule has 1 aromatic rings. The van der Waals surface area contributed by atoms with Gasteiger partial charge >= 0.3 is 0 Å². The number of hydrogen-bond donors (Lipinski definition) is 1. The number of aryl methyl sites for hydroxylation is 2. The van der Waals surface area contributed by atoms with E-state index in [1.54, 1.807) is 0 Å². The van der Waals surface area contributed by atoms with Crippen molar-refractivity contribution in [1.29, 1.82) is 0 Å². The van der Waals surface area contributed by atoms with Crippen LogP contribution in [0.3, 0.4) is 0 Å². The normalized spacial score (nSPS) is 28.3. The maximum atomic E-state index is 10.9. The Morgan fingerprint density at radius 3 is 2.56 bits per heavy atom. The first-order valence-corrected chi connectivity index (χ1v) is 7.31. The van der Waals surface area contributed by atoms with Crippen LogP contribution < -0.4 is 0 Å². The Labute approximate surface area is 111 Å². The molecule has 1 N–H and O–H groups in total. The number of aliphatic hydroxyl groups is 1. The maximum absolute atomic E-state index is 10.9. The van der Waals surface area contributed by atoms with Crippen molar-refractivity contribution in [2.75, 3.05) is 0 Å². The van der Waals surface area contributed by atoms with Crippen molar-refractivity contribution >= 4 is 0 Å². The van der Waals surface area contributed by atoms with Crippen LogP contribution in [-0.4, -0.2) is 10.7 Å². The van der Waals surface area contributed by atoms with Crippen LogP contribution in [0.25, 0.3) is 0 Å². The molecule has 0 aromatic heterocycles. The van der Waals surface area contributed by atoms with Gasteiger partial charge in [0.05, 0.1) is 5.60 Å². The second-order valence-electron chi connectivity index (χ2n) is 6.14. The SMILES string of the molecule is CCC1CCCC(O)(Cc2c(C)cccc2C)C1. The summed E-state index contributed by atoms with van der Waals surface area (Å²) in [4.78, 5) is 0. The van der Waals surface area contributed by atoms with Crippen LogP contribution in [0.2, 0.25) is 0 Å². The maximum Gasteiger partial charge on any atom is 0.0690 e. The van der Waals surface area contributed by atoms with Crippen LogP contribution in [0.15, 0.2) is 18.2 Å².